The van der Waals surface area contributed by atoms with Crippen LogP contribution in [-0.4, -0.2) is 114 Å². The molecule has 15 heteroatoms. The maximum Gasteiger partial charge on any atom is 0.472 e. The van der Waals surface area contributed by atoms with E-state index in [4.69, 9.17) is 29.4 Å². The average molecular weight is 942 g/mol. The summed E-state index contributed by atoms with van der Waals surface area (Å²) in [7, 11) is 1.20. The number of carbonyl (C=O) groups excluding carboxylic acids is 2. The Labute approximate surface area is 390 Å². The molecule has 0 aromatic carbocycles. The second-order valence-electron chi connectivity index (χ2n) is 17.0. The minimum absolute atomic E-state index is 0.0506. The number of carboxylic acids is 1. The van der Waals surface area contributed by atoms with Gasteiger partial charge in [-0.15, -0.1) is 11.8 Å². The van der Waals surface area contributed by atoms with Gasteiger partial charge in [-0.2, -0.15) is 0 Å². The number of aliphatic hydroxyl groups is 1. The normalized spacial score (nSPS) is 15.5. The van der Waals surface area contributed by atoms with Crippen LogP contribution >= 0.6 is 19.6 Å². The summed E-state index contributed by atoms with van der Waals surface area (Å²) >= 11 is 1.22. The van der Waals surface area contributed by atoms with Crippen molar-refractivity contribution in [3.63, 3.8) is 0 Å². The Morgan fingerprint density at radius 1 is 0.719 bits per heavy atom. The number of hydrogen-bond acceptors (Lipinski definition) is 11. The van der Waals surface area contributed by atoms with Crippen molar-refractivity contribution in [1.82, 2.24) is 0 Å². The van der Waals surface area contributed by atoms with Crippen LogP contribution in [0.4, 0.5) is 0 Å². The number of nitrogens with zero attached hydrogens (tertiary/aromatic N) is 1. The van der Waals surface area contributed by atoms with E-state index in [2.05, 4.69) is 50.3 Å². The van der Waals surface area contributed by atoms with Crippen molar-refractivity contribution in [1.29, 1.82) is 0 Å². The number of nitrogens with two attached hydrogens (primary N) is 1. The first kappa shape index (κ1) is 61.2. The van der Waals surface area contributed by atoms with E-state index in [9.17, 15) is 28.9 Å². The number of allylic oxidation sites excluding steroid dienone is 11. The number of phosphoric ester groups is 1. The Hall–Kier alpha value is -2.81. The first-order valence-corrected chi connectivity index (χ1v) is 26.1. The number of rotatable bonds is 42. The predicted octanol–water partition coefficient (Wildman–Crippen LogP) is 10.3. The van der Waals surface area contributed by atoms with Crippen molar-refractivity contribution in [2.24, 2.45) is 5.73 Å². The predicted molar refractivity (Wildman–Crippen MR) is 262 cm³/mol. The van der Waals surface area contributed by atoms with Gasteiger partial charge < -0.3 is 34.8 Å². The van der Waals surface area contributed by atoms with Gasteiger partial charge in [0, 0.05) is 23.8 Å². The molecular weight excluding hydrogens is 856 g/mol. The number of carboxylic acid groups (broad SMARTS) is 1. The van der Waals surface area contributed by atoms with Crippen LogP contribution in [0.2, 0.25) is 0 Å². The van der Waals surface area contributed by atoms with Crippen molar-refractivity contribution in [3.05, 3.63) is 72.9 Å². The van der Waals surface area contributed by atoms with Gasteiger partial charge in [0.05, 0.1) is 33.9 Å². The molecule has 0 radical (unpaired) electrons. The van der Waals surface area contributed by atoms with Crippen molar-refractivity contribution in [3.8, 4) is 0 Å². The fourth-order valence-electron chi connectivity index (χ4n) is 5.84. The topological polar surface area (TPSA) is 192 Å². The van der Waals surface area contributed by atoms with Gasteiger partial charge in [-0.3, -0.25) is 23.4 Å². The Kier molecular flexibility index (Phi) is 38.7. The summed E-state index contributed by atoms with van der Waals surface area (Å²) in [6.45, 7) is 3.75. The number of carbonyl (C=O) groups is 3. The van der Waals surface area contributed by atoms with E-state index in [0.717, 1.165) is 57.8 Å². The van der Waals surface area contributed by atoms with E-state index in [1.807, 2.05) is 45.4 Å². The number of aliphatic carboxylic acids is 1. The van der Waals surface area contributed by atoms with Crippen molar-refractivity contribution in [2.45, 2.75) is 166 Å². The number of hydrogen-bond donors (Lipinski definition) is 4. The fourth-order valence-corrected chi connectivity index (χ4v) is 7.70. The third kappa shape index (κ3) is 40.7. The summed E-state index contributed by atoms with van der Waals surface area (Å²) in [5.74, 6) is -2.26. The van der Waals surface area contributed by atoms with Gasteiger partial charge in [0.1, 0.15) is 25.8 Å². The van der Waals surface area contributed by atoms with Crippen LogP contribution in [-0.2, 0) is 37.5 Å². The van der Waals surface area contributed by atoms with E-state index in [0.29, 0.717) is 17.4 Å². The van der Waals surface area contributed by atoms with Crippen LogP contribution in [0.5, 0.6) is 0 Å². The molecule has 64 heavy (non-hydrogen) atoms. The number of quaternary nitrogens is 1. The molecule has 1 unspecified atom stereocenters. The fraction of sp³-hybridized carbons (Fsp3) is 0.694. The molecule has 0 spiro atoms. The van der Waals surface area contributed by atoms with E-state index in [1.54, 1.807) is 12.2 Å². The highest BCUT2D eigenvalue weighted by Crippen LogP contribution is 2.43. The molecule has 13 nitrogen and oxygen atoms in total. The molecule has 0 aliphatic carbocycles. The van der Waals surface area contributed by atoms with Crippen LogP contribution in [0, 0.1) is 0 Å². The summed E-state index contributed by atoms with van der Waals surface area (Å²) in [6.07, 6.45) is 39.9. The van der Waals surface area contributed by atoms with Crippen LogP contribution in [0.3, 0.4) is 0 Å². The first-order valence-electron chi connectivity index (χ1n) is 23.6. The quantitative estimate of drug-likeness (QED) is 0.0113. The summed E-state index contributed by atoms with van der Waals surface area (Å²) in [6, 6.07) is -1.13. The van der Waals surface area contributed by atoms with E-state index < -0.39 is 62.4 Å². The van der Waals surface area contributed by atoms with Gasteiger partial charge in [0.25, 0.3) is 0 Å². The highest BCUT2D eigenvalue weighted by molar-refractivity contribution is 8.00. The third-order valence-corrected chi connectivity index (χ3v) is 12.1. The van der Waals surface area contributed by atoms with Gasteiger partial charge in [-0.05, 0) is 70.6 Å². The molecule has 0 heterocycles. The molecule has 0 rings (SSSR count). The SMILES string of the molecule is CCCCC/C=C\C\C=C/C=C/C=C/[C@@H](SC[C@H](N)C(=O)OC[C@H](COP(=O)(O)OCC[N+](C)(C)C)OC(=O)CCCCCCC/C=C\C/C=C\CCCCC)[C@@H](O)CCCC(=O)O. The standard InChI is InChI=1S/C49H85N2O11PS/c1-6-8-10-12-14-16-18-20-21-22-24-26-28-30-32-37-48(55)62-43(41-61-63(57,58)60-39-38-51(3,4)5)40-59-49(56)44(50)42-64-46(45(52)34-33-36-47(53)54)35-31-29-27-25-23-19-17-15-13-11-9-7-2/h14-17,20-21,23,25,27,29,31,35,43-46,52H,6-13,18-19,22,24,26,28,30,32-34,36-42,50H2,1-5H3,(H-,53,54,57,58)/p+1/b16-14-,17-15-,21-20-,25-23-,29-27+,35-31+/t43-,44+,45+,46-/m1/s1. The van der Waals surface area contributed by atoms with Crippen molar-refractivity contribution in [2.75, 3.05) is 53.3 Å². The average Bonchev–Trinajstić information content (AvgIpc) is 3.23. The molecule has 0 aliphatic heterocycles. The van der Waals surface area contributed by atoms with Crippen LogP contribution < -0.4 is 5.73 Å². The molecule has 368 valence electrons. The largest absolute Gasteiger partial charge is 0.481 e. The maximum atomic E-state index is 13.1. The Morgan fingerprint density at radius 2 is 1.30 bits per heavy atom. The molecule has 0 aromatic rings. The number of phosphoric acid groups is 1. The second kappa shape index (κ2) is 40.5. The Balaban J connectivity index is 5.26. The molecule has 5 atom stereocenters. The number of thioether (sulfide) groups is 1. The highest BCUT2D eigenvalue weighted by Gasteiger charge is 2.28. The molecule has 0 aliphatic rings. The highest BCUT2D eigenvalue weighted by atomic mass is 32.2. The van der Waals surface area contributed by atoms with Gasteiger partial charge in [-0.25, -0.2) is 4.57 Å². The minimum atomic E-state index is -4.52. The molecule has 0 saturated heterocycles. The minimum Gasteiger partial charge on any atom is -0.481 e. The zero-order valence-electron chi connectivity index (χ0n) is 39.9. The number of aliphatic hydroxyl groups excluding tert-OH is 1. The zero-order chi connectivity index (χ0) is 47.7. The van der Waals surface area contributed by atoms with Crippen LogP contribution in [0.25, 0.3) is 0 Å². The molecule has 0 saturated carbocycles. The Morgan fingerprint density at radius 3 is 1.91 bits per heavy atom. The molecule has 5 N–H and O–H groups in total. The second-order valence-corrected chi connectivity index (χ2v) is 19.7. The zero-order valence-corrected chi connectivity index (χ0v) is 41.6. The smallest absolute Gasteiger partial charge is 0.472 e. The molecule has 0 fully saturated rings. The lowest BCUT2D eigenvalue weighted by atomic mass is 10.1. The van der Waals surface area contributed by atoms with Crippen molar-refractivity contribution < 1.29 is 57.1 Å². The first-order chi connectivity index (χ1) is 30.6. The third-order valence-electron chi connectivity index (χ3n) is 9.71. The van der Waals surface area contributed by atoms with E-state index in [1.165, 1.54) is 50.3 Å². The van der Waals surface area contributed by atoms with Crippen LogP contribution in [0.15, 0.2) is 72.9 Å². The van der Waals surface area contributed by atoms with Gasteiger partial charge in [-0.1, -0.05) is 132 Å². The van der Waals surface area contributed by atoms with Crippen molar-refractivity contribution >= 4 is 37.5 Å². The number of ether oxygens (including phenoxy) is 2. The molecule has 0 aromatic heterocycles. The number of esters is 2. The summed E-state index contributed by atoms with van der Waals surface area (Å²) < 4.78 is 34.4. The van der Waals surface area contributed by atoms with Gasteiger partial charge in [0.2, 0.25) is 0 Å². The molecular formula is C49H86N2O11PS+. The number of unbranched alkanes of at least 4 members (excludes halogenated alkanes) is 11. The molecule has 0 amide bonds. The Bertz CT molecular complexity index is 1440. The van der Waals surface area contributed by atoms with E-state index >= 15 is 0 Å². The monoisotopic (exact) mass is 942 g/mol. The summed E-state index contributed by atoms with van der Waals surface area (Å²) in [5.41, 5.74) is 6.21. The summed E-state index contributed by atoms with van der Waals surface area (Å²) in [5, 5.41) is 19.5. The maximum absolute atomic E-state index is 13.1. The number of likely N-dealkylation sites (N-methyl/N-ethyl adjacent to an activating group) is 1. The van der Waals surface area contributed by atoms with Gasteiger partial charge in [0.15, 0.2) is 6.10 Å². The van der Waals surface area contributed by atoms with Crippen LogP contribution in [0.1, 0.15) is 142 Å². The lowest BCUT2D eigenvalue weighted by Crippen LogP contribution is -2.39. The van der Waals surface area contributed by atoms with Gasteiger partial charge >= 0.3 is 25.7 Å². The lowest BCUT2D eigenvalue weighted by molar-refractivity contribution is -0.870. The summed E-state index contributed by atoms with van der Waals surface area (Å²) in [4.78, 5) is 47.3. The molecule has 0 bridgehead atoms. The van der Waals surface area contributed by atoms with E-state index in [-0.39, 0.29) is 38.0 Å². The lowest BCUT2D eigenvalue weighted by Gasteiger charge is -2.24.